The Labute approximate surface area is 111 Å². The summed E-state index contributed by atoms with van der Waals surface area (Å²) in [4.78, 5) is 3.35. The van der Waals surface area contributed by atoms with Gasteiger partial charge in [0.1, 0.15) is 11.5 Å². The standard InChI is InChI=1S/C14H10BNO3/c1-16-11-3-2-4-12(7-11)19-13-6-5-10-9-18-15(17)14(10)8-13/h2-8,17H,9H2. The number of rotatable bonds is 2. The molecule has 1 aliphatic rings. The maximum Gasteiger partial charge on any atom is 0.491 e. The molecule has 0 spiro atoms. The summed E-state index contributed by atoms with van der Waals surface area (Å²) in [5.41, 5.74) is 2.23. The van der Waals surface area contributed by atoms with Gasteiger partial charge in [0.05, 0.1) is 13.2 Å². The minimum atomic E-state index is -0.881. The smallest absolute Gasteiger partial charge is 0.459 e. The first-order valence-corrected chi connectivity index (χ1v) is 5.84. The molecule has 0 radical (unpaired) electrons. The topological polar surface area (TPSA) is 43.0 Å². The van der Waals surface area contributed by atoms with Crippen molar-refractivity contribution in [2.45, 2.75) is 6.61 Å². The highest BCUT2D eigenvalue weighted by Gasteiger charge is 2.27. The number of hydrogen-bond acceptors (Lipinski definition) is 3. The lowest BCUT2D eigenvalue weighted by molar-refractivity contribution is 0.275. The molecule has 0 atom stereocenters. The Morgan fingerprint density at radius 1 is 1.21 bits per heavy atom. The number of hydrogen-bond donors (Lipinski definition) is 1. The van der Waals surface area contributed by atoms with Crippen LogP contribution in [0.25, 0.3) is 4.85 Å². The summed E-state index contributed by atoms with van der Waals surface area (Å²) in [5.74, 6) is 1.22. The van der Waals surface area contributed by atoms with Crippen molar-refractivity contribution < 1.29 is 14.4 Å². The van der Waals surface area contributed by atoms with Gasteiger partial charge in [-0.3, -0.25) is 0 Å². The van der Waals surface area contributed by atoms with Crippen molar-refractivity contribution in [3.63, 3.8) is 0 Å². The second kappa shape index (κ2) is 4.77. The Kier molecular flexibility index (Phi) is 2.96. The number of fused-ring (bicyclic) bond motifs is 1. The Hall–Kier alpha value is -2.29. The van der Waals surface area contributed by atoms with Crippen molar-refractivity contribution in [2.75, 3.05) is 0 Å². The fraction of sp³-hybridized carbons (Fsp3) is 0.0714. The molecule has 5 heteroatoms. The summed E-state index contributed by atoms with van der Waals surface area (Å²) in [6.45, 7) is 7.39. The van der Waals surface area contributed by atoms with Crippen molar-refractivity contribution in [2.24, 2.45) is 0 Å². The minimum absolute atomic E-state index is 0.421. The quantitative estimate of drug-likeness (QED) is 0.657. The number of nitrogens with zero attached hydrogens (tertiary/aromatic N) is 1. The third kappa shape index (κ3) is 2.32. The van der Waals surface area contributed by atoms with Crippen LogP contribution in [0, 0.1) is 6.57 Å². The van der Waals surface area contributed by atoms with Crippen LogP contribution in [0.5, 0.6) is 11.5 Å². The monoisotopic (exact) mass is 251 g/mol. The molecule has 2 aromatic carbocycles. The van der Waals surface area contributed by atoms with Gasteiger partial charge in [0.25, 0.3) is 0 Å². The highest BCUT2D eigenvalue weighted by atomic mass is 16.5. The molecule has 0 unspecified atom stereocenters. The van der Waals surface area contributed by atoms with Crippen LogP contribution in [-0.2, 0) is 11.3 Å². The summed E-state index contributed by atoms with van der Waals surface area (Å²) in [6, 6.07) is 12.4. The van der Waals surface area contributed by atoms with Crippen molar-refractivity contribution >= 4 is 18.3 Å². The molecule has 0 aliphatic carbocycles. The van der Waals surface area contributed by atoms with E-state index in [1.165, 1.54) is 0 Å². The van der Waals surface area contributed by atoms with E-state index in [0.29, 0.717) is 23.8 Å². The van der Waals surface area contributed by atoms with E-state index >= 15 is 0 Å². The molecular weight excluding hydrogens is 241 g/mol. The molecule has 0 saturated carbocycles. The third-order valence-corrected chi connectivity index (χ3v) is 2.96. The van der Waals surface area contributed by atoms with E-state index in [1.807, 2.05) is 12.1 Å². The average molecular weight is 251 g/mol. The molecule has 4 nitrogen and oxygen atoms in total. The number of benzene rings is 2. The van der Waals surface area contributed by atoms with E-state index in [0.717, 1.165) is 11.0 Å². The van der Waals surface area contributed by atoms with Gasteiger partial charge in [0, 0.05) is 0 Å². The highest BCUT2D eigenvalue weighted by molar-refractivity contribution is 6.61. The van der Waals surface area contributed by atoms with Crippen molar-refractivity contribution in [1.82, 2.24) is 0 Å². The van der Waals surface area contributed by atoms with E-state index in [9.17, 15) is 5.02 Å². The molecule has 92 valence electrons. The molecule has 0 amide bonds. The van der Waals surface area contributed by atoms with Crippen LogP contribution in [0.3, 0.4) is 0 Å². The first-order valence-electron chi connectivity index (χ1n) is 5.84. The Morgan fingerprint density at radius 2 is 2.05 bits per heavy atom. The van der Waals surface area contributed by atoms with E-state index in [1.54, 1.807) is 30.3 Å². The van der Waals surface area contributed by atoms with E-state index in [4.69, 9.17) is 16.0 Å². The zero-order valence-corrected chi connectivity index (χ0v) is 10.0. The molecule has 3 rings (SSSR count). The lowest BCUT2D eigenvalue weighted by atomic mass is 9.79. The zero-order chi connectivity index (χ0) is 13.2. The van der Waals surface area contributed by atoms with Gasteiger partial charge in [0.15, 0.2) is 5.69 Å². The van der Waals surface area contributed by atoms with E-state index in [2.05, 4.69) is 4.85 Å². The largest absolute Gasteiger partial charge is 0.491 e. The maximum absolute atomic E-state index is 9.64. The third-order valence-electron chi connectivity index (χ3n) is 2.96. The molecule has 0 bridgehead atoms. The Bertz CT molecular complexity index is 666. The molecule has 2 aromatic rings. The van der Waals surface area contributed by atoms with Gasteiger partial charge in [-0.2, -0.15) is 0 Å². The van der Waals surface area contributed by atoms with Crippen LogP contribution in [-0.4, -0.2) is 12.1 Å². The molecule has 1 heterocycles. The molecule has 0 aromatic heterocycles. The molecule has 19 heavy (non-hydrogen) atoms. The maximum atomic E-state index is 9.64. The summed E-state index contributed by atoms with van der Waals surface area (Å²) < 4.78 is 10.8. The van der Waals surface area contributed by atoms with Crippen LogP contribution >= 0.6 is 0 Å². The van der Waals surface area contributed by atoms with Crippen molar-refractivity contribution in [1.29, 1.82) is 0 Å². The summed E-state index contributed by atoms with van der Waals surface area (Å²) in [7, 11) is -0.881. The molecule has 1 aliphatic heterocycles. The Morgan fingerprint density at radius 3 is 2.89 bits per heavy atom. The predicted molar refractivity (Wildman–Crippen MR) is 71.6 cm³/mol. The average Bonchev–Trinajstić information content (AvgIpc) is 2.80. The summed E-state index contributed by atoms with van der Waals surface area (Å²) >= 11 is 0. The van der Waals surface area contributed by atoms with Crippen LogP contribution in [0.1, 0.15) is 5.56 Å². The van der Waals surface area contributed by atoms with Gasteiger partial charge in [-0.1, -0.05) is 18.2 Å². The minimum Gasteiger partial charge on any atom is -0.459 e. The van der Waals surface area contributed by atoms with Gasteiger partial charge in [-0.25, -0.2) is 4.85 Å². The first kappa shape index (κ1) is 11.8. The second-order valence-corrected chi connectivity index (χ2v) is 4.24. The fourth-order valence-corrected chi connectivity index (χ4v) is 2.01. The fourth-order valence-electron chi connectivity index (χ4n) is 2.01. The normalized spacial score (nSPS) is 12.9. The van der Waals surface area contributed by atoms with Crippen molar-refractivity contribution in [3.8, 4) is 11.5 Å². The Balaban J connectivity index is 1.88. The molecule has 0 saturated heterocycles. The lowest BCUT2D eigenvalue weighted by Crippen LogP contribution is -2.27. The molecule has 0 fully saturated rings. The zero-order valence-electron chi connectivity index (χ0n) is 10.0. The van der Waals surface area contributed by atoms with Gasteiger partial charge in [-0.05, 0) is 35.3 Å². The van der Waals surface area contributed by atoms with Gasteiger partial charge in [0.2, 0.25) is 0 Å². The van der Waals surface area contributed by atoms with Gasteiger partial charge >= 0.3 is 7.12 Å². The van der Waals surface area contributed by atoms with Gasteiger partial charge < -0.3 is 14.4 Å². The highest BCUT2D eigenvalue weighted by Crippen LogP contribution is 2.26. The predicted octanol–water partition coefficient (Wildman–Crippen LogP) is 2.25. The summed E-state index contributed by atoms with van der Waals surface area (Å²) in [6.07, 6.45) is 0. The summed E-state index contributed by atoms with van der Waals surface area (Å²) in [5, 5.41) is 9.64. The van der Waals surface area contributed by atoms with Crippen LogP contribution < -0.4 is 10.2 Å². The SMILES string of the molecule is [C-]#[N+]c1cccc(Oc2ccc3c(c2)B(O)OC3)c1. The van der Waals surface area contributed by atoms with Gasteiger partial charge in [-0.15, -0.1) is 0 Å². The molecular formula is C14H10BNO3. The van der Waals surface area contributed by atoms with Crippen molar-refractivity contribution in [3.05, 3.63) is 59.4 Å². The van der Waals surface area contributed by atoms with Crippen LogP contribution in [0.2, 0.25) is 0 Å². The van der Waals surface area contributed by atoms with E-state index in [-0.39, 0.29) is 0 Å². The molecule has 1 N–H and O–H groups in total. The van der Waals surface area contributed by atoms with E-state index < -0.39 is 7.12 Å². The number of ether oxygens (including phenoxy) is 1. The second-order valence-electron chi connectivity index (χ2n) is 4.24. The first-order chi connectivity index (χ1) is 9.26. The van der Waals surface area contributed by atoms with Crippen LogP contribution in [0.4, 0.5) is 5.69 Å². The lowest BCUT2D eigenvalue weighted by Gasteiger charge is -2.07. The van der Waals surface area contributed by atoms with Crippen LogP contribution in [0.15, 0.2) is 42.5 Å².